The van der Waals surface area contributed by atoms with Gasteiger partial charge in [0.25, 0.3) is 0 Å². The second-order valence-electron chi connectivity index (χ2n) is 3.41. The summed E-state index contributed by atoms with van der Waals surface area (Å²) in [6.07, 6.45) is 2.20. The third kappa shape index (κ3) is 1.86. The molecule has 0 unspecified atom stereocenters. The quantitative estimate of drug-likeness (QED) is 0.793. The standard InChI is InChI=1S/C11H11BrO3/c1-7-8(3-2-4-13)5-9-11(10(7)12)15-6-14-9/h4-5H,2-3,6H2,1H3. The molecule has 0 atom stereocenters. The first-order chi connectivity index (χ1) is 7.24. The van der Waals surface area contributed by atoms with Crippen LogP contribution in [0, 0.1) is 6.92 Å². The molecule has 1 heterocycles. The lowest BCUT2D eigenvalue weighted by molar-refractivity contribution is -0.107. The van der Waals surface area contributed by atoms with Crippen LogP contribution in [0.15, 0.2) is 10.5 Å². The van der Waals surface area contributed by atoms with E-state index in [1.807, 2.05) is 13.0 Å². The van der Waals surface area contributed by atoms with Crippen LogP contribution in [0.5, 0.6) is 11.5 Å². The van der Waals surface area contributed by atoms with E-state index in [1.165, 1.54) is 0 Å². The molecule has 1 aromatic carbocycles. The number of carbonyl (C=O) groups excluding carboxylic acids is 1. The monoisotopic (exact) mass is 270 g/mol. The predicted octanol–water partition coefficient (Wildman–Crippen LogP) is 2.62. The van der Waals surface area contributed by atoms with Crippen LogP contribution in [0.2, 0.25) is 0 Å². The minimum atomic E-state index is 0.268. The Bertz CT molecular complexity index is 401. The Morgan fingerprint density at radius 1 is 1.53 bits per heavy atom. The van der Waals surface area contributed by atoms with Crippen LogP contribution in [-0.2, 0) is 11.2 Å². The number of ether oxygens (including phenoxy) is 2. The van der Waals surface area contributed by atoms with Crippen LogP contribution in [0.1, 0.15) is 17.5 Å². The molecule has 0 spiro atoms. The van der Waals surface area contributed by atoms with Crippen molar-refractivity contribution < 1.29 is 14.3 Å². The second kappa shape index (κ2) is 4.23. The van der Waals surface area contributed by atoms with E-state index in [0.717, 1.165) is 39.8 Å². The van der Waals surface area contributed by atoms with E-state index in [0.29, 0.717) is 6.42 Å². The average Bonchev–Trinajstić information content (AvgIpc) is 2.69. The molecule has 80 valence electrons. The summed E-state index contributed by atoms with van der Waals surface area (Å²) in [5.74, 6) is 1.52. The molecule has 0 saturated carbocycles. The topological polar surface area (TPSA) is 35.5 Å². The van der Waals surface area contributed by atoms with Gasteiger partial charge in [0.05, 0.1) is 4.47 Å². The van der Waals surface area contributed by atoms with Gasteiger partial charge in [0, 0.05) is 6.42 Å². The van der Waals surface area contributed by atoms with Gasteiger partial charge in [-0.1, -0.05) is 0 Å². The molecule has 1 aliphatic rings. The van der Waals surface area contributed by atoms with Gasteiger partial charge in [-0.2, -0.15) is 0 Å². The van der Waals surface area contributed by atoms with Crippen molar-refractivity contribution in [3.05, 3.63) is 21.7 Å². The fourth-order valence-corrected chi connectivity index (χ4v) is 2.18. The Morgan fingerprint density at radius 2 is 2.33 bits per heavy atom. The molecule has 2 rings (SSSR count). The predicted molar refractivity (Wildman–Crippen MR) is 59.4 cm³/mol. The molecular weight excluding hydrogens is 260 g/mol. The molecule has 0 saturated heterocycles. The number of rotatable bonds is 3. The fraction of sp³-hybridized carbons (Fsp3) is 0.364. The number of carbonyl (C=O) groups is 1. The van der Waals surface area contributed by atoms with Crippen LogP contribution < -0.4 is 9.47 Å². The molecule has 0 N–H and O–H groups in total. The van der Waals surface area contributed by atoms with Crippen molar-refractivity contribution in [3.8, 4) is 11.5 Å². The lowest BCUT2D eigenvalue weighted by Crippen LogP contribution is -1.93. The number of halogens is 1. The molecule has 15 heavy (non-hydrogen) atoms. The summed E-state index contributed by atoms with van der Waals surface area (Å²) in [4.78, 5) is 10.3. The highest BCUT2D eigenvalue weighted by Crippen LogP contribution is 2.42. The minimum absolute atomic E-state index is 0.268. The molecule has 1 aliphatic heterocycles. The summed E-state index contributed by atoms with van der Waals surface area (Å²) < 4.78 is 11.6. The van der Waals surface area contributed by atoms with Gasteiger partial charge in [0.1, 0.15) is 6.29 Å². The highest BCUT2D eigenvalue weighted by molar-refractivity contribution is 9.10. The van der Waals surface area contributed by atoms with E-state index in [1.54, 1.807) is 0 Å². The maximum absolute atomic E-state index is 10.3. The van der Waals surface area contributed by atoms with Crippen molar-refractivity contribution in [1.82, 2.24) is 0 Å². The van der Waals surface area contributed by atoms with E-state index in [2.05, 4.69) is 15.9 Å². The van der Waals surface area contributed by atoms with E-state index in [4.69, 9.17) is 9.47 Å². The van der Waals surface area contributed by atoms with Crippen molar-refractivity contribution >= 4 is 22.2 Å². The maximum atomic E-state index is 10.3. The molecule has 3 nitrogen and oxygen atoms in total. The Labute approximate surface area is 96.5 Å². The number of hydrogen-bond donors (Lipinski definition) is 0. The summed E-state index contributed by atoms with van der Waals surface area (Å²) in [6.45, 7) is 2.27. The summed E-state index contributed by atoms with van der Waals surface area (Å²) in [5.41, 5.74) is 2.24. The largest absolute Gasteiger partial charge is 0.454 e. The van der Waals surface area contributed by atoms with E-state index < -0.39 is 0 Å². The third-order valence-electron chi connectivity index (χ3n) is 2.49. The van der Waals surface area contributed by atoms with Crippen molar-refractivity contribution in [3.63, 3.8) is 0 Å². The van der Waals surface area contributed by atoms with Crippen molar-refractivity contribution in [2.75, 3.05) is 6.79 Å². The number of hydrogen-bond acceptors (Lipinski definition) is 3. The van der Waals surface area contributed by atoms with Gasteiger partial charge < -0.3 is 14.3 Å². The summed E-state index contributed by atoms with van der Waals surface area (Å²) in [7, 11) is 0. The van der Waals surface area contributed by atoms with Crippen LogP contribution in [0.4, 0.5) is 0 Å². The first-order valence-electron chi connectivity index (χ1n) is 4.75. The maximum Gasteiger partial charge on any atom is 0.231 e. The first kappa shape index (κ1) is 10.5. The van der Waals surface area contributed by atoms with Gasteiger partial charge in [-0.15, -0.1) is 0 Å². The summed E-state index contributed by atoms with van der Waals surface area (Å²) in [5, 5.41) is 0. The van der Waals surface area contributed by atoms with Crippen LogP contribution in [0.25, 0.3) is 0 Å². The lowest BCUT2D eigenvalue weighted by atomic mass is 10.0. The molecule has 1 aromatic rings. The van der Waals surface area contributed by atoms with Crippen molar-refractivity contribution in [2.24, 2.45) is 0 Å². The molecule has 0 bridgehead atoms. The highest BCUT2D eigenvalue weighted by Gasteiger charge is 2.20. The SMILES string of the molecule is Cc1c(CCC=O)cc2c(c1Br)OCO2. The number of aryl methyl sites for hydroxylation is 1. The van der Waals surface area contributed by atoms with Gasteiger partial charge in [0.15, 0.2) is 11.5 Å². The molecule has 4 heteroatoms. The van der Waals surface area contributed by atoms with Gasteiger partial charge in [-0.25, -0.2) is 0 Å². The van der Waals surface area contributed by atoms with Crippen LogP contribution in [-0.4, -0.2) is 13.1 Å². The van der Waals surface area contributed by atoms with Crippen LogP contribution in [0.3, 0.4) is 0 Å². The molecule has 0 amide bonds. The summed E-state index contributed by atoms with van der Waals surface area (Å²) >= 11 is 3.48. The van der Waals surface area contributed by atoms with Gasteiger partial charge in [-0.05, 0) is 46.5 Å². The Hall–Kier alpha value is -1.03. The van der Waals surface area contributed by atoms with Crippen molar-refractivity contribution in [2.45, 2.75) is 19.8 Å². The third-order valence-corrected chi connectivity index (χ3v) is 3.44. The second-order valence-corrected chi connectivity index (χ2v) is 4.21. The molecule has 0 radical (unpaired) electrons. The Balaban J connectivity index is 2.39. The Morgan fingerprint density at radius 3 is 3.07 bits per heavy atom. The molecular formula is C11H11BrO3. The van der Waals surface area contributed by atoms with Gasteiger partial charge in [-0.3, -0.25) is 0 Å². The molecule has 0 fully saturated rings. The van der Waals surface area contributed by atoms with E-state index in [9.17, 15) is 4.79 Å². The fourth-order valence-electron chi connectivity index (χ4n) is 1.62. The molecule has 0 aromatic heterocycles. The Kier molecular flexibility index (Phi) is 2.95. The zero-order valence-electron chi connectivity index (χ0n) is 8.38. The van der Waals surface area contributed by atoms with Crippen molar-refractivity contribution in [1.29, 1.82) is 0 Å². The number of fused-ring (bicyclic) bond motifs is 1. The number of aldehydes is 1. The highest BCUT2D eigenvalue weighted by atomic mass is 79.9. The van der Waals surface area contributed by atoms with Crippen LogP contribution >= 0.6 is 15.9 Å². The zero-order chi connectivity index (χ0) is 10.8. The smallest absolute Gasteiger partial charge is 0.231 e. The number of benzene rings is 1. The van der Waals surface area contributed by atoms with Gasteiger partial charge >= 0.3 is 0 Å². The average molecular weight is 271 g/mol. The zero-order valence-corrected chi connectivity index (χ0v) is 9.96. The van der Waals surface area contributed by atoms with E-state index >= 15 is 0 Å². The van der Waals surface area contributed by atoms with E-state index in [-0.39, 0.29) is 6.79 Å². The normalized spacial score (nSPS) is 12.9. The lowest BCUT2D eigenvalue weighted by Gasteiger charge is -2.09. The van der Waals surface area contributed by atoms with Gasteiger partial charge in [0.2, 0.25) is 6.79 Å². The first-order valence-corrected chi connectivity index (χ1v) is 5.54. The minimum Gasteiger partial charge on any atom is -0.454 e. The molecule has 0 aliphatic carbocycles. The summed E-state index contributed by atoms with van der Waals surface area (Å²) in [6, 6.07) is 1.95.